The molecule has 1 aromatic carbocycles. The van der Waals surface area contributed by atoms with Crippen LogP contribution in [0.2, 0.25) is 0 Å². The van der Waals surface area contributed by atoms with Crippen LogP contribution in [-0.2, 0) is 12.0 Å². The lowest BCUT2D eigenvalue weighted by molar-refractivity contribution is 0.545. The number of hydrogen-bond acceptors (Lipinski definition) is 3. The highest BCUT2D eigenvalue weighted by atomic mass is 32.1. The van der Waals surface area contributed by atoms with Crippen LogP contribution in [0.3, 0.4) is 0 Å². The second-order valence-corrected chi connectivity index (χ2v) is 5.99. The average molecular weight is 273 g/mol. The summed E-state index contributed by atoms with van der Waals surface area (Å²) in [5.41, 5.74) is 1.19. The van der Waals surface area contributed by atoms with Crippen molar-refractivity contribution in [3.8, 4) is 0 Å². The van der Waals surface area contributed by atoms with E-state index >= 15 is 0 Å². The molecule has 100 valence electrons. The first-order valence-corrected chi connectivity index (χ1v) is 6.75. The fourth-order valence-corrected chi connectivity index (χ4v) is 1.91. The SMILES string of the molecule is CC(C)(C)c1nc(=S)cc(NCc2ccccc2)[nH]1. The van der Waals surface area contributed by atoms with E-state index in [2.05, 4.69) is 48.2 Å². The molecule has 0 spiro atoms. The van der Waals surface area contributed by atoms with Crippen molar-refractivity contribution >= 4 is 18.0 Å². The van der Waals surface area contributed by atoms with Crippen LogP contribution in [-0.4, -0.2) is 9.97 Å². The first kappa shape index (κ1) is 13.7. The summed E-state index contributed by atoms with van der Waals surface area (Å²) in [5.74, 6) is 1.81. The summed E-state index contributed by atoms with van der Waals surface area (Å²) < 4.78 is 0.610. The van der Waals surface area contributed by atoms with Gasteiger partial charge in [-0.2, -0.15) is 0 Å². The zero-order valence-electron chi connectivity index (χ0n) is 11.5. The molecule has 0 saturated heterocycles. The van der Waals surface area contributed by atoms with E-state index in [0.717, 1.165) is 18.2 Å². The van der Waals surface area contributed by atoms with Crippen molar-refractivity contribution in [2.24, 2.45) is 0 Å². The number of hydrogen-bond donors (Lipinski definition) is 2. The molecular weight excluding hydrogens is 254 g/mol. The molecule has 1 aromatic heterocycles. The first-order chi connectivity index (χ1) is 8.95. The summed E-state index contributed by atoms with van der Waals surface area (Å²) in [5, 5.41) is 3.35. The van der Waals surface area contributed by atoms with E-state index in [9.17, 15) is 0 Å². The highest BCUT2D eigenvalue weighted by Crippen LogP contribution is 2.19. The predicted molar refractivity (Wildman–Crippen MR) is 81.9 cm³/mol. The zero-order chi connectivity index (χ0) is 13.9. The van der Waals surface area contributed by atoms with E-state index in [-0.39, 0.29) is 5.41 Å². The Morgan fingerprint density at radius 2 is 1.89 bits per heavy atom. The number of benzene rings is 1. The lowest BCUT2D eigenvalue weighted by Gasteiger charge is -2.18. The van der Waals surface area contributed by atoms with E-state index in [1.54, 1.807) is 0 Å². The van der Waals surface area contributed by atoms with Gasteiger partial charge >= 0.3 is 0 Å². The standard InChI is InChI=1S/C15H19N3S/c1-15(2,3)14-17-12(9-13(19)18-14)16-10-11-7-5-4-6-8-11/h4-9H,10H2,1-3H3,(H2,16,17,18,19). The molecular formula is C15H19N3S. The maximum atomic E-state index is 5.22. The number of aromatic nitrogens is 2. The van der Waals surface area contributed by atoms with Gasteiger partial charge in [0.2, 0.25) is 0 Å². The smallest absolute Gasteiger partial charge is 0.131 e. The van der Waals surface area contributed by atoms with Gasteiger partial charge in [-0.25, -0.2) is 4.98 Å². The van der Waals surface area contributed by atoms with Gasteiger partial charge < -0.3 is 10.3 Å². The highest BCUT2D eigenvalue weighted by Gasteiger charge is 2.16. The Morgan fingerprint density at radius 1 is 1.21 bits per heavy atom. The maximum absolute atomic E-state index is 5.22. The van der Waals surface area contributed by atoms with Crippen LogP contribution in [0.25, 0.3) is 0 Å². The van der Waals surface area contributed by atoms with Crippen molar-refractivity contribution in [1.29, 1.82) is 0 Å². The number of nitrogens with one attached hydrogen (secondary N) is 2. The molecule has 0 atom stereocenters. The summed E-state index contributed by atoms with van der Waals surface area (Å²) in [6.07, 6.45) is 0. The molecule has 0 radical (unpaired) electrons. The van der Waals surface area contributed by atoms with Gasteiger partial charge in [0.15, 0.2) is 0 Å². The second kappa shape index (κ2) is 5.53. The topological polar surface area (TPSA) is 40.7 Å². The predicted octanol–water partition coefficient (Wildman–Crippen LogP) is 4.05. The van der Waals surface area contributed by atoms with Gasteiger partial charge in [0, 0.05) is 18.0 Å². The molecule has 4 heteroatoms. The molecule has 0 unspecified atom stereocenters. The Labute approximate surface area is 119 Å². The molecule has 2 aromatic rings. The number of aromatic amines is 1. The van der Waals surface area contributed by atoms with E-state index < -0.39 is 0 Å². The average Bonchev–Trinajstić information content (AvgIpc) is 2.36. The van der Waals surface area contributed by atoms with Crippen LogP contribution in [0.5, 0.6) is 0 Å². The van der Waals surface area contributed by atoms with Crippen LogP contribution in [0.15, 0.2) is 36.4 Å². The van der Waals surface area contributed by atoms with Crippen molar-refractivity contribution in [3.05, 3.63) is 52.4 Å². The summed E-state index contributed by atoms with van der Waals surface area (Å²) in [4.78, 5) is 7.69. The van der Waals surface area contributed by atoms with E-state index in [4.69, 9.17) is 12.2 Å². The number of nitrogens with zero attached hydrogens (tertiary/aromatic N) is 1. The third kappa shape index (κ3) is 3.89. The van der Waals surface area contributed by atoms with Gasteiger partial charge in [0.05, 0.1) is 0 Å². The third-order valence-electron chi connectivity index (χ3n) is 2.78. The lowest BCUT2D eigenvalue weighted by atomic mass is 9.96. The minimum Gasteiger partial charge on any atom is -0.367 e. The van der Waals surface area contributed by atoms with Gasteiger partial charge in [-0.15, -0.1) is 0 Å². The van der Waals surface area contributed by atoms with Gasteiger partial charge in [-0.3, -0.25) is 0 Å². The van der Waals surface area contributed by atoms with E-state index in [0.29, 0.717) is 4.64 Å². The summed E-state index contributed by atoms with van der Waals surface area (Å²) >= 11 is 5.22. The third-order valence-corrected chi connectivity index (χ3v) is 2.99. The quantitative estimate of drug-likeness (QED) is 0.829. The maximum Gasteiger partial charge on any atom is 0.131 e. The largest absolute Gasteiger partial charge is 0.367 e. The monoisotopic (exact) mass is 273 g/mol. The molecule has 0 aliphatic carbocycles. The Hall–Kier alpha value is -1.68. The molecule has 0 amide bonds. The molecule has 0 saturated carbocycles. The van der Waals surface area contributed by atoms with Crippen LogP contribution in [0, 0.1) is 4.64 Å². The second-order valence-electron chi connectivity index (χ2n) is 5.57. The van der Waals surface area contributed by atoms with Crippen molar-refractivity contribution in [1.82, 2.24) is 9.97 Å². The Balaban J connectivity index is 2.17. The normalized spacial score (nSPS) is 11.3. The molecule has 0 fully saturated rings. The molecule has 2 rings (SSSR count). The van der Waals surface area contributed by atoms with E-state index in [1.165, 1.54) is 5.56 Å². The Kier molecular flexibility index (Phi) is 4.00. The summed E-state index contributed by atoms with van der Waals surface area (Å²) in [6.45, 7) is 7.10. The molecule has 0 aliphatic rings. The number of anilines is 1. The molecule has 1 heterocycles. The van der Waals surface area contributed by atoms with Crippen LogP contribution in [0.1, 0.15) is 32.2 Å². The van der Waals surface area contributed by atoms with Crippen LogP contribution in [0.4, 0.5) is 5.82 Å². The fraction of sp³-hybridized carbons (Fsp3) is 0.333. The minimum absolute atomic E-state index is 0.0437. The Morgan fingerprint density at radius 3 is 2.53 bits per heavy atom. The number of rotatable bonds is 3. The van der Waals surface area contributed by atoms with Crippen molar-refractivity contribution < 1.29 is 0 Å². The van der Waals surface area contributed by atoms with Gasteiger partial charge in [0.25, 0.3) is 0 Å². The van der Waals surface area contributed by atoms with Gasteiger partial charge in [-0.1, -0.05) is 63.3 Å². The minimum atomic E-state index is -0.0437. The van der Waals surface area contributed by atoms with E-state index in [1.807, 2.05) is 24.3 Å². The highest BCUT2D eigenvalue weighted by molar-refractivity contribution is 7.71. The zero-order valence-corrected chi connectivity index (χ0v) is 12.3. The fourth-order valence-electron chi connectivity index (χ4n) is 1.70. The Bertz CT molecular complexity index is 597. The van der Waals surface area contributed by atoms with Crippen LogP contribution >= 0.6 is 12.2 Å². The molecule has 3 nitrogen and oxygen atoms in total. The molecule has 2 N–H and O–H groups in total. The summed E-state index contributed by atoms with van der Waals surface area (Å²) in [6, 6.07) is 12.1. The first-order valence-electron chi connectivity index (χ1n) is 6.35. The van der Waals surface area contributed by atoms with Crippen molar-refractivity contribution in [2.45, 2.75) is 32.7 Å². The number of H-pyrrole nitrogens is 1. The summed E-state index contributed by atoms with van der Waals surface area (Å²) in [7, 11) is 0. The van der Waals surface area contributed by atoms with Gasteiger partial charge in [0.1, 0.15) is 16.3 Å². The lowest BCUT2D eigenvalue weighted by Crippen LogP contribution is -2.17. The van der Waals surface area contributed by atoms with Crippen molar-refractivity contribution in [3.63, 3.8) is 0 Å². The molecule has 0 bridgehead atoms. The molecule has 0 aliphatic heterocycles. The van der Waals surface area contributed by atoms with Crippen LogP contribution < -0.4 is 5.32 Å². The van der Waals surface area contributed by atoms with Crippen molar-refractivity contribution in [2.75, 3.05) is 5.32 Å². The molecule has 19 heavy (non-hydrogen) atoms. The van der Waals surface area contributed by atoms with Gasteiger partial charge in [-0.05, 0) is 5.56 Å².